The standard InChI is InChI=1S/C8H17NO3/c1-4(2)5(3)7(10)6(9)8(11)12/h4-7,10H,9H2,1-3H3,(H,11,12)/t5-,6+,7-/m0/s1. The lowest BCUT2D eigenvalue weighted by atomic mass is 9.88. The van der Waals surface area contributed by atoms with Crippen molar-refractivity contribution < 1.29 is 15.0 Å². The molecule has 0 aliphatic carbocycles. The molecule has 4 nitrogen and oxygen atoms in total. The zero-order valence-corrected chi connectivity index (χ0v) is 7.69. The van der Waals surface area contributed by atoms with Gasteiger partial charge in [-0.3, -0.25) is 4.79 Å². The fraction of sp³-hybridized carbons (Fsp3) is 0.875. The first-order chi connectivity index (χ1) is 5.37. The second kappa shape index (κ2) is 4.42. The Labute approximate surface area is 72.4 Å². The molecule has 72 valence electrons. The van der Waals surface area contributed by atoms with Crippen molar-refractivity contribution in [1.82, 2.24) is 0 Å². The van der Waals surface area contributed by atoms with Gasteiger partial charge in [0.25, 0.3) is 0 Å². The number of aliphatic carboxylic acids is 1. The molecular weight excluding hydrogens is 158 g/mol. The maximum Gasteiger partial charge on any atom is 0.323 e. The van der Waals surface area contributed by atoms with Crippen molar-refractivity contribution in [3.63, 3.8) is 0 Å². The van der Waals surface area contributed by atoms with Crippen molar-refractivity contribution in [2.75, 3.05) is 0 Å². The first-order valence-corrected chi connectivity index (χ1v) is 4.04. The highest BCUT2D eigenvalue weighted by Crippen LogP contribution is 2.16. The van der Waals surface area contributed by atoms with Crippen LogP contribution in [0.5, 0.6) is 0 Å². The topological polar surface area (TPSA) is 83.5 Å². The monoisotopic (exact) mass is 175 g/mol. The number of hydrogen-bond acceptors (Lipinski definition) is 3. The van der Waals surface area contributed by atoms with E-state index < -0.39 is 18.1 Å². The molecule has 0 spiro atoms. The van der Waals surface area contributed by atoms with Crippen LogP contribution in [0.2, 0.25) is 0 Å². The largest absolute Gasteiger partial charge is 0.480 e. The van der Waals surface area contributed by atoms with Crippen molar-refractivity contribution in [2.45, 2.75) is 32.9 Å². The predicted octanol–water partition coefficient (Wildman–Crippen LogP) is 0.0513. The summed E-state index contributed by atoms with van der Waals surface area (Å²) in [6.45, 7) is 5.63. The molecule has 0 fully saturated rings. The minimum absolute atomic E-state index is 0.101. The normalized spacial score (nSPS) is 18.8. The molecule has 0 aromatic heterocycles. The Bertz CT molecular complexity index is 158. The summed E-state index contributed by atoms with van der Waals surface area (Å²) in [7, 11) is 0. The van der Waals surface area contributed by atoms with Crippen molar-refractivity contribution in [2.24, 2.45) is 17.6 Å². The Morgan fingerprint density at radius 1 is 1.33 bits per heavy atom. The summed E-state index contributed by atoms with van der Waals surface area (Å²) in [6, 6.07) is -1.18. The second-order valence-electron chi connectivity index (χ2n) is 3.46. The molecule has 0 rings (SSSR count). The van der Waals surface area contributed by atoms with Crippen LogP contribution in [0.15, 0.2) is 0 Å². The van der Waals surface area contributed by atoms with E-state index >= 15 is 0 Å². The van der Waals surface area contributed by atoms with Gasteiger partial charge in [-0.25, -0.2) is 0 Å². The number of carboxylic acid groups (broad SMARTS) is 1. The number of nitrogens with two attached hydrogens (primary N) is 1. The molecule has 4 N–H and O–H groups in total. The summed E-state index contributed by atoms with van der Waals surface area (Å²) in [6.07, 6.45) is -0.970. The maximum atomic E-state index is 10.4. The van der Waals surface area contributed by atoms with Crippen LogP contribution in [0.25, 0.3) is 0 Å². The average molecular weight is 175 g/mol. The summed E-state index contributed by atoms with van der Waals surface area (Å²) in [5.74, 6) is -1.03. The van der Waals surface area contributed by atoms with Crippen LogP contribution in [0.3, 0.4) is 0 Å². The molecule has 0 saturated heterocycles. The fourth-order valence-corrected chi connectivity index (χ4v) is 0.867. The number of carbonyl (C=O) groups is 1. The zero-order valence-electron chi connectivity index (χ0n) is 7.69. The fourth-order valence-electron chi connectivity index (χ4n) is 0.867. The van der Waals surface area contributed by atoms with Crippen LogP contribution < -0.4 is 5.73 Å². The molecule has 3 atom stereocenters. The van der Waals surface area contributed by atoms with E-state index in [1.54, 1.807) is 6.92 Å². The van der Waals surface area contributed by atoms with Gasteiger partial charge in [0.2, 0.25) is 0 Å². The summed E-state index contributed by atoms with van der Waals surface area (Å²) >= 11 is 0. The molecule has 0 bridgehead atoms. The molecular formula is C8H17NO3. The first-order valence-electron chi connectivity index (χ1n) is 4.04. The number of aliphatic hydroxyl groups is 1. The van der Waals surface area contributed by atoms with Crippen LogP contribution in [0.4, 0.5) is 0 Å². The molecule has 0 amide bonds. The van der Waals surface area contributed by atoms with E-state index in [-0.39, 0.29) is 11.8 Å². The molecule has 0 aliphatic heterocycles. The van der Waals surface area contributed by atoms with E-state index in [0.29, 0.717) is 0 Å². The lowest BCUT2D eigenvalue weighted by Gasteiger charge is -2.24. The van der Waals surface area contributed by atoms with Crippen molar-refractivity contribution in [3.05, 3.63) is 0 Å². The second-order valence-corrected chi connectivity index (χ2v) is 3.46. The zero-order chi connectivity index (χ0) is 9.89. The van der Waals surface area contributed by atoms with Gasteiger partial charge in [-0.05, 0) is 11.8 Å². The molecule has 0 radical (unpaired) electrons. The van der Waals surface area contributed by atoms with Crippen molar-refractivity contribution >= 4 is 5.97 Å². The minimum atomic E-state index is -1.18. The van der Waals surface area contributed by atoms with Crippen LogP contribution in [0.1, 0.15) is 20.8 Å². The van der Waals surface area contributed by atoms with E-state index in [1.165, 1.54) is 0 Å². The molecule has 0 aliphatic rings. The average Bonchev–Trinajstić information content (AvgIpc) is 2.00. The number of carboxylic acids is 1. The number of hydrogen-bond donors (Lipinski definition) is 3. The Kier molecular flexibility index (Phi) is 4.20. The van der Waals surface area contributed by atoms with Gasteiger partial charge in [-0.2, -0.15) is 0 Å². The summed E-state index contributed by atoms with van der Waals surface area (Å²) in [5, 5.41) is 17.9. The Balaban J connectivity index is 4.18. The number of aliphatic hydroxyl groups excluding tert-OH is 1. The van der Waals surface area contributed by atoms with E-state index in [4.69, 9.17) is 10.8 Å². The van der Waals surface area contributed by atoms with Gasteiger partial charge in [0.15, 0.2) is 0 Å². The lowest BCUT2D eigenvalue weighted by Crippen LogP contribution is -2.46. The molecule has 0 saturated carbocycles. The van der Waals surface area contributed by atoms with Gasteiger partial charge in [0, 0.05) is 0 Å². The smallest absolute Gasteiger partial charge is 0.323 e. The molecule has 12 heavy (non-hydrogen) atoms. The summed E-state index contributed by atoms with van der Waals surface area (Å²) < 4.78 is 0. The van der Waals surface area contributed by atoms with Crippen molar-refractivity contribution in [3.8, 4) is 0 Å². The molecule has 0 unspecified atom stereocenters. The molecule has 4 heteroatoms. The van der Waals surface area contributed by atoms with Crippen LogP contribution in [-0.4, -0.2) is 28.3 Å². The Hall–Kier alpha value is -0.610. The van der Waals surface area contributed by atoms with Gasteiger partial charge in [0.1, 0.15) is 6.04 Å². The summed E-state index contributed by atoms with van der Waals surface area (Å²) in [5.41, 5.74) is 5.25. The Morgan fingerprint density at radius 3 is 2.00 bits per heavy atom. The van der Waals surface area contributed by atoms with Gasteiger partial charge < -0.3 is 15.9 Å². The van der Waals surface area contributed by atoms with Gasteiger partial charge in [0.05, 0.1) is 6.10 Å². The third-order valence-corrected chi connectivity index (χ3v) is 2.24. The molecule has 0 heterocycles. The van der Waals surface area contributed by atoms with Gasteiger partial charge in [-0.1, -0.05) is 20.8 Å². The summed E-state index contributed by atoms with van der Waals surface area (Å²) in [4.78, 5) is 10.4. The van der Waals surface area contributed by atoms with E-state index in [2.05, 4.69) is 0 Å². The minimum Gasteiger partial charge on any atom is -0.480 e. The Morgan fingerprint density at radius 2 is 1.75 bits per heavy atom. The number of rotatable bonds is 4. The van der Waals surface area contributed by atoms with Gasteiger partial charge in [-0.15, -0.1) is 0 Å². The SMILES string of the molecule is CC(C)[C@H](C)[C@H](O)[C@@H](N)C(=O)O. The maximum absolute atomic E-state index is 10.4. The quantitative estimate of drug-likeness (QED) is 0.563. The highest BCUT2D eigenvalue weighted by atomic mass is 16.4. The van der Waals surface area contributed by atoms with E-state index in [1.807, 2.05) is 13.8 Å². The third kappa shape index (κ3) is 2.79. The third-order valence-electron chi connectivity index (χ3n) is 2.24. The van der Waals surface area contributed by atoms with Crippen molar-refractivity contribution in [1.29, 1.82) is 0 Å². The van der Waals surface area contributed by atoms with E-state index in [0.717, 1.165) is 0 Å². The predicted molar refractivity (Wildman–Crippen MR) is 45.6 cm³/mol. The highest BCUT2D eigenvalue weighted by molar-refractivity contribution is 5.73. The van der Waals surface area contributed by atoms with E-state index in [9.17, 15) is 9.90 Å². The first kappa shape index (κ1) is 11.4. The van der Waals surface area contributed by atoms with Crippen LogP contribution >= 0.6 is 0 Å². The molecule has 0 aromatic carbocycles. The highest BCUT2D eigenvalue weighted by Gasteiger charge is 2.28. The van der Waals surface area contributed by atoms with Crippen LogP contribution in [0, 0.1) is 11.8 Å². The molecule has 0 aromatic rings. The lowest BCUT2D eigenvalue weighted by molar-refractivity contribution is -0.142. The van der Waals surface area contributed by atoms with Gasteiger partial charge >= 0.3 is 5.97 Å². The van der Waals surface area contributed by atoms with Crippen LogP contribution in [-0.2, 0) is 4.79 Å².